The molecule has 0 radical (unpaired) electrons. The van der Waals surface area contributed by atoms with E-state index < -0.39 is 0 Å². The van der Waals surface area contributed by atoms with Crippen molar-refractivity contribution in [2.45, 2.75) is 39.0 Å². The average Bonchev–Trinajstić information content (AvgIpc) is 3.52. The molecule has 0 bridgehead atoms. The van der Waals surface area contributed by atoms with E-state index in [1.807, 2.05) is 30.3 Å². The van der Waals surface area contributed by atoms with Crippen LogP contribution in [-0.2, 0) is 10.2 Å². The van der Waals surface area contributed by atoms with Gasteiger partial charge in [-0.3, -0.25) is 4.79 Å². The summed E-state index contributed by atoms with van der Waals surface area (Å²) in [6, 6.07) is 27.1. The molecule has 0 heterocycles. The lowest BCUT2D eigenvalue weighted by Crippen LogP contribution is -2.26. The van der Waals surface area contributed by atoms with Crippen LogP contribution in [0.25, 0.3) is 0 Å². The molecule has 1 saturated carbocycles. The maximum atomic E-state index is 13.2. The lowest BCUT2D eigenvalue weighted by atomic mass is 9.84. The Kier molecular flexibility index (Phi) is 5.54. The largest absolute Gasteiger partial charge is 0.273 e. The van der Waals surface area contributed by atoms with E-state index in [1.54, 1.807) is 0 Å². The Labute approximate surface area is 178 Å². The molecule has 1 fully saturated rings. The van der Waals surface area contributed by atoms with Gasteiger partial charge in [-0.15, -0.1) is 0 Å². The molecule has 0 spiro atoms. The average molecular weight is 397 g/mol. The second-order valence-electron chi connectivity index (χ2n) is 8.22. The van der Waals surface area contributed by atoms with Crippen molar-refractivity contribution in [2.24, 2.45) is 11.0 Å². The number of hydrazone groups is 1. The number of carbonyl (C=O) groups is 1. The van der Waals surface area contributed by atoms with Gasteiger partial charge in [-0.25, -0.2) is 5.43 Å². The van der Waals surface area contributed by atoms with Gasteiger partial charge < -0.3 is 0 Å². The number of amides is 1. The van der Waals surface area contributed by atoms with E-state index in [0.717, 1.165) is 24.1 Å². The van der Waals surface area contributed by atoms with Crippen LogP contribution in [0, 0.1) is 19.8 Å². The molecule has 1 aliphatic rings. The molecule has 0 unspecified atom stereocenters. The summed E-state index contributed by atoms with van der Waals surface area (Å²) in [5.74, 6) is -0.140. The summed E-state index contributed by atoms with van der Waals surface area (Å²) in [7, 11) is 0. The summed E-state index contributed by atoms with van der Waals surface area (Å²) in [4.78, 5) is 13.2. The van der Waals surface area contributed by atoms with Crippen molar-refractivity contribution in [1.29, 1.82) is 0 Å². The topological polar surface area (TPSA) is 41.5 Å². The Balaban J connectivity index is 1.63. The number of rotatable bonds is 6. The summed E-state index contributed by atoms with van der Waals surface area (Å²) in [5.41, 5.74) is 9.34. The predicted molar refractivity (Wildman–Crippen MR) is 123 cm³/mol. The Morgan fingerprint density at radius 2 is 1.53 bits per heavy atom. The lowest BCUT2D eigenvalue weighted by molar-refractivity contribution is -0.122. The number of hydrogen-bond acceptors (Lipinski definition) is 2. The molecule has 1 amide bonds. The molecule has 1 aliphatic carbocycles. The van der Waals surface area contributed by atoms with Crippen LogP contribution in [0.2, 0.25) is 0 Å². The van der Waals surface area contributed by atoms with Gasteiger partial charge in [0.15, 0.2) is 0 Å². The highest BCUT2D eigenvalue weighted by atomic mass is 16.2. The molecule has 0 aliphatic heterocycles. The monoisotopic (exact) mass is 396 g/mol. The Morgan fingerprint density at radius 3 is 2.07 bits per heavy atom. The zero-order valence-electron chi connectivity index (χ0n) is 17.9. The van der Waals surface area contributed by atoms with Crippen molar-refractivity contribution in [2.75, 3.05) is 0 Å². The fourth-order valence-electron chi connectivity index (χ4n) is 4.41. The SMILES string of the molecule is CCC(=NNC(=O)[C@H]1CC1(c1cccc(C)c1)c1cccc(C)c1)c1ccccc1. The highest BCUT2D eigenvalue weighted by Gasteiger charge is 2.60. The normalized spacial score (nSPS) is 17.4. The van der Waals surface area contributed by atoms with E-state index in [1.165, 1.54) is 22.3 Å². The molecule has 1 atom stereocenters. The highest BCUT2D eigenvalue weighted by molar-refractivity contribution is 6.01. The minimum atomic E-state index is -0.281. The second kappa shape index (κ2) is 8.27. The number of benzene rings is 3. The molecule has 0 saturated heterocycles. The van der Waals surface area contributed by atoms with Crippen LogP contribution in [0.5, 0.6) is 0 Å². The molecule has 4 rings (SSSR count). The predicted octanol–water partition coefficient (Wildman–Crippen LogP) is 5.54. The summed E-state index contributed by atoms with van der Waals surface area (Å²) in [6.07, 6.45) is 1.56. The number of nitrogens with one attached hydrogen (secondary N) is 1. The van der Waals surface area contributed by atoms with E-state index in [0.29, 0.717) is 0 Å². The first kappa shape index (κ1) is 20.1. The third kappa shape index (κ3) is 3.80. The van der Waals surface area contributed by atoms with Crippen LogP contribution in [0.3, 0.4) is 0 Å². The van der Waals surface area contributed by atoms with Gasteiger partial charge in [0.1, 0.15) is 0 Å². The quantitative estimate of drug-likeness (QED) is 0.431. The molecule has 3 aromatic rings. The maximum Gasteiger partial charge on any atom is 0.244 e. The summed E-state index contributed by atoms with van der Waals surface area (Å²) < 4.78 is 0. The molecule has 30 heavy (non-hydrogen) atoms. The van der Waals surface area contributed by atoms with Crippen molar-refractivity contribution >= 4 is 11.6 Å². The fourth-order valence-corrected chi connectivity index (χ4v) is 4.41. The number of nitrogens with zero attached hydrogens (tertiary/aromatic N) is 1. The lowest BCUT2D eigenvalue weighted by Gasteiger charge is -2.20. The van der Waals surface area contributed by atoms with E-state index in [2.05, 4.69) is 79.8 Å². The van der Waals surface area contributed by atoms with Gasteiger partial charge in [0.05, 0.1) is 11.6 Å². The molecule has 3 aromatic carbocycles. The van der Waals surface area contributed by atoms with Crippen LogP contribution in [0.1, 0.15) is 47.6 Å². The summed E-state index contributed by atoms with van der Waals surface area (Å²) >= 11 is 0. The van der Waals surface area contributed by atoms with Gasteiger partial charge in [0.25, 0.3) is 0 Å². The second-order valence-corrected chi connectivity index (χ2v) is 8.22. The third-order valence-corrected chi connectivity index (χ3v) is 6.09. The van der Waals surface area contributed by atoms with Gasteiger partial charge in [0.2, 0.25) is 5.91 Å². The van der Waals surface area contributed by atoms with Gasteiger partial charge in [-0.1, -0.05) is 96.9 Å². The van der Waals surface area contributed by atoms with Crippen LogP contribution >= 0.6 is 0 Å². The van der Waals surface area contributed by atoms with Crippen molar-refractivity contribution in [3.8, 4) is 0 Å². The molecule has 3 nitrogen and oxygen atoms in total. The third-order valence-electron chi connectivity index (χ3n) is 6.09. The maximum absolute atomic E-state index is 13.2. The molecular formula is C27H28N2O. The minimum Gasteiger partial charge on any atom is -0.273 e. The van der Waals surface area contributed by atoms with E-state index in [4.69, 9.17) is 0 Å². The summed E-state index contributed by atoms with van der Waals surface area (Å²) in [5, 5.41) is 4.48. The van der Waals surface area contributed by atoms with Crippen LogP contribution < -0.4 is 5.43 Å². The minimum absolute atomic E-state index is 0.0140. The van der Waals surface area contributed by atoms with Crippen molar-refractivity contribution in [3.05, 3.63) is 107 Å². The fraction of sp³-hybridized carbons (Fsp3) is 0.259. The van der Waals surface area contributed by atoms with E-state index in [-0.39, 0.29) is 17.2 Å². The van der Waals surface area contributed by atoms with Gasteiger partial charge in [-0.05, 0) is 43.4 Å². The number of carbonyl (C=O) groups excluding carboxylic acids is 1. The molecule has 0 aromatic heterocycles. The first-order chi connectivity index (χ1) is 14.5. The molecule has 152 valence electrons. The van der Waals surface area contributed by atoms with Gasteiger partial charge in [-0.2, -0.15) is 5.10 Å². The van der Waals surface area contributed by atoms with E-state index in [9.17, 15) is 4.79 Å². The molecule has 3 heteroatoms. The van der Waals surface area contributed by atoms with E-state index >= 15 is 0 Å². The van der Waals surface area contributed by atoms with Gasteiger partial charge in [0, 0.05) is 5.41 Å². The zero-order chi connectivity index (χ0) is 21.1. The van der Waals surface area contributed by atoms with Crippen LogP contribution in [0.4, 0.5) is 0 Å². The Bertz CT molecular complexity index is 1040. The molecule has 1 N–H and O–H groups in total. The van der Waals surface area contributed by atoms with Gasteiger partial charge >= 0.3 is 0 Å². The van der Waals surface area contributed by atoms with Crippen LogP contribution in [-0.4, -0.2) is 11.6 Å². The summed E-state index contributed by atoms with van der Waals surface area (Å²) in [6.45, 7) is 6.25. The standard InChI is InChI=1S/C27H28N2O/c1-4-25(21-12-6-5-7-13-21)28-29-26(30)24-18-27(24,22-14-8-10-19(2)16-22)23-15-9-11-20(3)17-23/h5-17,24H,4,18H2,1-3H3,(H,29,30)/t24-/m1/s1. The highest BCUT2D eigenvalue weighted by Crippen LogP contribution is 2.59. The van der Waals surface area contributed by atoms with Crippen molar-refractivity contribution in [3.63, 3.8) is 0 Å². The molecular weight excluding hydrogens is 368 g/mol. The Morgan fingerprint density at radius 1 is 0.933 bits per heavy atom. The first-order valence-corrected chi connectivity index (χ1v) is 10.6. The smallest absolute Gasteiger partial charge is 0.244 e. The Hall–Kier alpha value is -3.20. The first-order valence-electron chi connectivity index (χ1n) is 10.6. The number of aryl methyl sites for hydroxylation is 2. The zero-order valence-corrected chi connectivity index (χ0v) is 17.9. The number of hydrogen-bond donors (Lipinski definition) is 1. The van der Waals surface area contributed by atoms with Crippen molar-refractivity contribution in [1.82, 2.24) is 5.43 Å². The van der Waals surface area contributed by atoms with Crippen molar-refractivity contribution < 1.29 is 4.79 Å². The van der Waals surface area contributed by atoms with Crippen LogP contribution in [0.15, 0.2) is 84.0 Å².